The molecule has 10 nitrogen and oxygen atoms in total. The third-order valence-corrected chi connectivity index (χ3v) is 8.11. The van der Waals surface area contributed by atoms with Gasteiger partial charge in [0.25, 0.3) is 0 Å². The Kier molecular flexibility index (Phi) is 7.62. The molecule has 1 aliphatic carbocycles. The average Bonchev–Trinajstić information content (AvgIpc) is 3.67. The fourth-order valence-corrected chi connectivity index (χ4v) is 5.73. The maximum atomic E-state index is 10.6. The van der Waals surface area contributed by atoms with E-state index in [9.17, 15) is 18.3 Å². The number of carboxylic acid groups (broad SMARTS) is 1. The van der Waals surface area contributed by atoms with Gasteiger partial charge in [-0.15, -0.1) is 0 Å². The molecule has 0 unspecified atom stereocenters. The number of anilines is 2. The Hall–Kier alpha value is -4.17. The zero-order chi connectivity index (χ0) is 29.5. The first-order valence-corrected chi connectivity index (χ1v) is 13.5. The summed E-state index contributed by atoms with van der Waals surface area (Å²) in [6.07, 6.45) is 3.96. The van der Waals surface area contributed by atoms with E-state index in [1.54, 1.807) is 17.5 Å². The van der Waals surface area contributed by atoms with Crippen LogP contribution in [0.15, 0.2) is 47.3 Å². The molecule has 0 amide bonds. The fraction of sp³-hybridized carbons (Fsp3) is 0.333. The van der Waals surface area contributed by atoms with Crippen LogP contribution in [0.5, 0.6) is 0 Å². The van der Waals surface area contributed by atoms with Crippen LogP contribution in [-0.2, 0) is 4.79 Å². The van der Waals surface area contributed by atoms with E-state index < -0.39 is 12.1 Å². The number of aromatic nitrogens is 4. The van der Waals surface area contributed by atoms with Crippen LogP contribution >= 0.6 is 11.3 Å². The number of aliphatic hydroxyl groups excluding tert-OH is 1. The lowest BCUT2D eigenvalue weighted by atomic mass is 9.93. The molecule has 4 heterocycles. The lowest BCUT2D eigenvalue weighted by molar-refractivity contribution is -0.192. The van der Waals surface area contributed by atoms with Gasteiger partial charge < -0.3 is 25.3 Å². The molecule has 1 aliphatic rings. The van der Waals surface area contributed by atoms with Crippen LogP contribution in [-0.4, -0.2) is 62.3 Å². The number of nitrogens with zero attached hydrogens (tertiary/aromatic N) is 5. The Morgan fingerprint density at radius 2 is 1.88 bits per heavy atom. The number of nitrogen functional groups attached to an aromatic ring is 1. The van der Waals surface area contributed by atoms with Crippen LogP contribution in [0.1, 0.15) is 31.7 Å². The van der Waals surface area contributed by atoms with Gasteiger partial charge in [0.15, 0.2) is 16.5 Å². The van der Waals surface area contributed by atoms with E-state index in [0.29, 0.717) is 17.4 Å². The molecule has 0 bridgehead atoms. The van der Waals surface area contributed by atoms with Crippen LogP contribution in [0.3, 0.4) is 0 Å². The van der Waals surface area contributed by atoms with Crippen molar-refractivity contribution >= 4 is 49.4 Å². The van der Waals surface area contributed by atoms with E-state index in [1.165, 1.54) is 0 Å². The zero-order valence-electron chi connectivity index (χ0n) is 22.1. The minimum absolute atomic E-state index is 0.187. The van der Waals surface area contributed by atoms with Crippen molar-refractivity contribution in [3.63, 3.8) is 0 Å². The molecule has 0 spiro atoms. The standard InChI is InChI=1S/C25H26N6O2S.C2HF3O2/c1-30(2)25-29-20-5-3-4-17(23(20)34-25)21-10-18-19(12-27-24(26)22(18)33-21)14-11-28-31(13-14)15-6-8-16(32)9-7-15;3-2(4,5)1(6)7/h3-5,10-13,15-16,32H,6-9H2,1-2H3,(H2,26,27);(H,6,7)/t15-,16-;. The predicted molar refractivity (Wildman–Crippen MR) is 150 cm³/mol. The van der Waals surface area contributed by atoms with Gasteiger partial charge in [0, 0.05) is 48.6 Å². The van der Waals surface area contributed by atoms with Crippen LogP contribution in [0.25, 0.3) is 43.6 Å². The van der Waals surface area contributed by atoms with Crippen molar-refractivity contribution in [2.75, 3.05) is 24.7 Å². The summed E-state index contributed by atoms with van der Waals surface area (Å²) in [5.41, 5.74) is 10.6. The second-order valence-electron chi connectivity index (χ2n) is 9.93. The van der Waals surface area contributed by atoms with Crippen molar-refractivity contribution in [3.8, 4) is 22.5 Å². The first kappa shape index (κ1) is 28.4. The molecule has 1 fully saturated rings. The van der Waals surface area contributed by atoms with Crippen LogP contribution in [0.2, 0.25) is 0 Å². The maximum Gasteiger partial charge on any atom is 0.490 e. The number of aliphatic hydroxyl groups is 1. The van der Waals surface area contributed by atoms with Crippen molar-refractivity contribution in [1.82, 2.24) is 19.7 Å². The van der Waals surface area contributed by atoms with Gasteiger partial charge in [0.05, 0.1) is 28.6 Å². The summed E-state index contributed by atoms with van der Waals surface area (Å²) >= 11 is 1.64. The quantitative estimate of drug-likeness (QED) is 0.240. The highest BCUT2D eigenvalue weighted by molar-refractivity contribution is 7.22. The molecular formula is C27H27F3N6O4S. The van der Waals surface area contributed by atoms with E-state index in [0.717, 1.165) is 68.9 Å². The smallest absolute Gasteiger partial charge is 0.475 e. The highest BCUT2D eigenvalue weighted by Crippen LogP contribution is 2.41. The molecule has 14 heteroatoms. The molecule has 0 saturated heterocycles. The maximum absolute atomic E-state index is 10.6. The second kappa shape index (κ2) is 11.0. The number of furan rings is 1. The van der Waals surface area contributed by atoms with Crippen molar-refractivity contribution in [3.05, 3.63) is 42.9 Å². The van der Waals surface area contributed by atoms with Gasteiger partial charge in [0.2, 0.25) is 0 Å². The van der Waals surface area contributed by atoms with Gasteiger partial charge in [-0.3, -0.25) is 4.68 Å². The number of carboxylic acids is 1. The van der Waals surface area contributed by atoms with E-state index in [2.05, 4.69) is 22.3 Å². The number of hydrogen-bond donors (Lipinski definition) is 3. The molecule has 0 radical (unpaired) electrons. The van der Waals surface area contributed by atoms with Crippen LogP contribution in [0, 0.1) is 0 Å². The summed E-state index contributed by atoms with van der Waals surface area (Å²) in [5, 5.41) is 23.4. The SMILES string of the molecule is CN(C)c1nc2cccc(-c3cc4c(-c5cnn([C@H]6CC[C@H](O)CC6)c5)cnc(N)c4o3)c2s1.O=C(O)C(F)(F)F. The summed E-state index contributed by atoms with van der Waals surface area (Å²) in [6, 6.07) is 8.42. The van der Waals surface area contributed by atoms with Crippen LogP contribution in [0.4, 0.5) is 24.1 Å². The molecular weight excluding hydrogens is 561 g/mol. The highest BCUT2D eigenvalue weighted by Gasteiger charge is 2.38. The third kappa shape index (κ3) is 5.84. The number of carbonyl (C=O) groups is 1. The van der Waals surface area contributed by atoms with E-state index in [4.69, 9.17) is 25.0 Å². The van der Waals surface area contributed by atoms with Crippen molar-refractivity contribution in [2.45, 2.75) is 44.0 Å². The number of halogens is 3. The molecule has 0 aliphatic heterocycles. The monoisotopic (exact) mass is 588 g/mol. The van der Waals surface area contributed by atoms with Crippen molar-refractivity contribution < 1.29 is 32.6 Å². The number of rotatable bonds is 4. The normalized spacial score (nSPS) is 17.4. The first-order chi connectivity index (χ1) is 19.4. The number of fused-ring (bicyclic) bond motifs is 2. The Labute approximate surface area is 235 Å². The molecule has 41 heavy (non-hydrogen) atoms. The van der Waals surface area contributed by atoms with E-state index in [1.807, 2.05) is 48.1 Å². The second-order valence-corrected chi connectivity index (χ2v) is 10.9. The first-order valence-electron chi connectivity index (χ1n) is 12.7. The topological polar surface area (TPSA) is 144 Å². The molecule has 5 aromatic rings. The molecule has 216 valence electrons. The number of aliphatic carboxylic acids is 1. The van der Waals surface area contributed by atoms with E-state index in [-0.39, 0.29) is 6.10 Å². The average molecular weight is 589 g/mol. The Morgan fingerprint density at radius 3 is 2.54 bits per heavy atom. The van der Waals surface area contributed by atoms with Gasteiger partial charge in [-0.05, 0) is 43.9 Å². The number of thiazole rings is 1. The number of pyridine rings is 1. The highest BCUT2D eigenvalue weighted by atomic mass is 32.1. The lowest BCUT2D eigenvalue weighted by Crippen LogP contribution is -2.21. The third-order valence-electron chi connectivity index (χ3n) is 6.83. The Bertz CT molecular complexity index is 1700. The van der Waals surface area contributed by atoms with Gasteiger partial charge in [-0.25, -0.2) is 14.8 Å². The van der Waals surface area contributed by atoms with Gasteiger partial charge in [0.1, 0.15) is 5.76 Å². The van der Waals surface area contributed by atoms with Gasteiger partial charge in [-0.2, -0.15) is 18.3 Å². The summed E-state index contributed by atoms with van der Waals surface area (Å²) < 4.78 is 41.1. The number of benzene rings is 1. The van der Waals surface area contributed by atoms with E-state index >= 15 is 0 Å². The molecule has 1 aromatic carbocycles. The number of hydrogen-bond acceptors (Lipinski definition) is 9. The molecule has 6 rings (SSSR count). The molecule has 4 aromatic heterocycles. The predicted octanol–water partition coefficient (Wildman–Crippen LogP) is 5.73. The van der Waals surface area contributed by atoms with Crippen molar-refractivity contribution in [2.24, 2.45) is 0 Å². The number of nitrogens with two attached hydrogens (primary N) is 1. The molecule has 0 atom stereocenters. The van der Waals surface area contributed by atoms with Gasteiger partial charge >= 0.3 is 12.1 Å². The lowest BCUT2D eigenvalue weighted by Gasteiger charge is -2.25. The van der Waals surface area contributed by atoms with Crippen LogP contribution < -0.4 is 10.6 Å². The molecule has 1 saturated carbocycles. The minimum Gasteiger partial charge on any atom is -0.475 e. The fourth-order valence-electron chi connectivity index (χ4n) is 4.73. The van der Waals surface area contributed by atoms with Crippen molar-refractivity contribution in [1.29, 1.82) is 0 Å². The number of alkyl halides is 3. The minimum atomic E-state index is -5.08. The molecule has 4 N–H and O–H groups in total. The summed E-state index contributed by atoms with van der Waals surface area (Å²) in [4.78, 5) is 20.0. The zero-order valence-corrected chi connectivity index (χ0v) is 22.9. The van der Waals surface area contributed by atoms with Gasteiger partial charge in [-0.1, -0.05) is 17.4 Å². The summed E-state index contributed by atoms with van der Waals surface area (Å²) in [6.45, 7) is 0. The summed E-state index contributed by atoms with van der Waals surface area (Å²) in [5.74, 6) is -1.65. The Balaban J connectivity index is 0.000000431. The summed E-state index contributed by atoms with van der Waals surface area (Å²) in [7, 11) is 3.99. The largest absolute Gasteiger partial charge is 0.490 e. The Morgan fingerprint density at radius 1 is 1.17 bits per heavy atom.